The van der Waals surface area contributed by atoms with Gasteiger partial charge in [-0.2, -0.15) is 0 Å². The van der Waals surface area contributed by atoms with Gasteiger partial charge in [0.2, 0.25) is 12.3 Å². The first-order valence-corrected chi connectivity index (χ1v) is 6.42. The van der Waals surface area contributed by atoms with Crippen LogP contribution in [-0.4, -0.2) is 60.5 Å². The fourth-order valence-corrected chi connectivity index (χ4v) is 1.54. The predicted octanol–water partition coefficient (Wildman–Crippen LogP) is -1.62. The minimum atomic E-state index is -1.41. The molecule has 1 atom stereocenters. The number of urea groups is 1. The maximum absolute atomic E-state index is 11.9. The molecule has 1 unspecified atom stereocenters. The van der Waals surface area contributed by atoms with Crippen LogP contribution in [0.5, 0.6) is 0 Å². The molecule has 0 spiro atoms. The van der Waals surface area contributed by atoms with Crippen molar-refractivity contribution in [2.75, 3.05) is 20.2 Å². The molecule has 21 heavy (non-hydrogen) atoms. The largest absolute Gasteiger partial charge is 0.395 e. The van der Waals surface area contributed by atoms with Crippen LogP contribution in [0.2, 0.25) is 0 Å². The molecule has 4 amide bonds. The number of aldehydes is 1. The van der Waals surface area contributed by atoms with Crippen molar-refractivity contribution in [2.24, 2.45) is 5.92 Å². The molecular weight excluding hydrogens is 280 g/mol. The van der Waals surface area contributed by atoms with Crippen molar-refractivity contribution in [1.82, 2.24) is 21.1 Å². The average molecular weight is 302 g/mol. The Morgan fingerprint density at radius 1 is 1.33 bits per heavy atom. The number of amides is 4. The number of hydrogen-bond donors (Lipinski definition) is 4. The van der Waals surface area contributed by atoms with Gasteiger partial charge in [-0.15, -0.1) is 0 Å². The van der Waals surface area contributed by atoms with Gasteiger partial charge in [-0.05, 0) is 5.92 Å². The molecule has 0 rings (SSSR count). The lowest BCUT2D eigenvalue weighted by Crippen LogP contribution is -2.60. The Hall–Kier alpha value is -2.16. The van der Waals surface area contributed by atoms with Crippen molar-refractivity contribution in [2.45, 2.75) is 25.8 Å². The second kappa shape index (κ2) is 8.90. The number of carbonyl (C=O) groups is 4. The Labute approximate surface area is 123 Å². The standard InChI is InChI=1S/C12H22N4O5/c1-9(2)12(7-18,6-10(20)13-4-5-17)15-11(21)16(3)14-8-19/h7-9,17H,4-6H2,1-3H3,(H,13,20)(H,14,19)(H,15,21). The molecule has 9 nitrogen and oxygen atoms in total. The molecule has 0 aliphatic carbocycles. The molecule has 0 aliphatic rings. The Morgan fingerprint density at radius 3 is 2.38 bits per heavy atom. The first-order chi connectivity index (χ1) is 9.82. The molecule has 4 N–H and O–H groups in total. The van der Waals surface area contributed by atoms with Crippen molar-refractivity contribution < 1.29 is 24.3 Å². The molecule has 0 aromatic rings. The highest BCUT2D eigenvalue weighted by Gasteiger charge is 2.38. The maximum Gasteiger partial charge on any atom is 0.336 e. The van der Waals surface area contributed by atoms with E-state index in [4.69, 9.17) is 5.11 Å². The molecule has 0 bridgehead atoms. The summed E-state index contributed by atoms with van der Waals surface area (Å²) in [6.07, 6.45) is 0.545. The summed E-state index contributed by atoms with van der Waals surface area (Å²) in [7, 11) is 1.30. The number of carbonyl (C=O) groups excluding carboxylic acids is 4. The summed E-state index contributed by atoms with van der Waals surface area (Å²) < 4.78 is 0. The zero-order valence-corrected chi connectivity index (χ0v) is 12.4. The van der Waals surface area contributed by atoms with Crippen LogP contribution in [0.4, 0.5) is 4.79 Å². The molecule has 120 valence electrons. The van der Waals surface area contributed by atoms with Gasteiger partial charge in [-0.1, -0.05) is 13.8 Å². The van der Waals surface area contributed by atoms with Gasteiger partial charge in [-0.25, -0.2) is 9.80 Å². The Balaban J connectivity index is 4.99. The van der Waals surface area contributed by atoms with E-state index in [1.165, 1.54) is 7.05 Å². The second-order valence-corrected chi connectivity index (χ2v) is 4.80. The number of nitrogens with zero attached hydrogens (tertiary/aromatic N) is 1. The minimum Gasteiger partial charge on any atom is -0.395 e. The van der Waals surface area contributed by atoms with Crippen LogP contribution in [0, 0.1) is 5.92 Å². The highest BCUT2D eigenvalue weighted by Crippen LogP contribution is 2.19. The van der Waals surface area contributed by atoms with Gasteiger partial charge < -0.3 is 20.5 Å². The third kappa shape index (κ3) is 5.78. The SMILES string of the molecule is CC(C)C(C=O)(CC(=O)NCCO)NC(=O)N(C)NC=O. The summed E-state index contributed by atoms with van der Waals surface area (Å²) in [6, 6.07) is -0.724. The molecule has 0 saturated heterocycles. The number of aliphatic hydroxyl groups excluding tert-OH is 1. The van der Waals surface area contributed by atoms with Crippen LogP contribution < -0.4 is 16.1 Å². The van der Waals surface area contributed by atoms with E-state index in [2.05, 4.69) is 16.1 Å². The number of aliphatic hydroxyl groups is 1. The summed E-state index contributed by atoms with van der Waals surface area (Å²) in [5.74, 6) is -0.834. The predicted molar refractivity (Wildman–Crippen MR) is 73.8 cm³/mol. The van der Waals surface area contributed by atoms with Crippen LogP contribution in [0.1, 0.15) is 20.3 Å². The monoisotopic (exact) mass is 302 g/mol. The summed E-state index contributed by atoms with van der Waals surface area (Å²) in [5.41, 5.74) is 0.702. The quantitative estimate of drug-likeness (QED) is 0.301. The summed E-state index contributed by atoms with van der Waals surface area (Å²) >= 11 is 0. The molecule has 9 heteroatoms. The lowest BCUT2D eigenvalue weighted by molar-refractivity contribution is -0.127. The van der Waals surface area contributed by atoms with E-state index < -0.39 is 17.5 Å². The maximum atomic E-state index is 11.9. The fourth-order valence-electron chi connectivity index (χ4n) is 1.54. The fraction of sp³-hybridized carbons (Fsp3) is 0.667. The topological polar surface area (TPSA) is 128 Å². The minimum absolute atomic E-state index is 0.0619. The molecule has 0 aromatic heterocycles. The van der Waals surface area contributed by atoms with Crippen molar-refractivity contribution in [3.05, 3.63) is 0 Å². The normalized spacial score (nSPS) is 13.0. The molecule has 0 radical (unpaired) electrons. The Kier molecular flexibility index (Phi) is 7.99. The average Bonchev–Trinajstić information content (AvgIpc) is 2.44. The van der Waals surface area contributed by atoms with Crippen molar-refractivity contribution in [3.63, 3.8) is 0 Å². The molecule has 0 heterocycles. The van der Waals surface area contributed by atoms with Crippen LogP contribution >= 0.6 is 0 Å². The highest BCUT2D eigenvalue weighted by molar-refractivity contribution is 5.87. The van der Waals surface area contributed by atoms with Crippen molar-refractivity contribution in [3.8, 4) is 0 Å². The Bertz CT molecular complexity index is 388. The van der Waals surface area contributed by atoms with Gasteiger partial charge in [0.25, 0.3) is 0 Å². The van der Waals surface area contributed by atoms with Gasteiger partial charge in [-0.3, -0.25) is 15.0 Å². The summed E-state index contributed by atoms with van der Waals surface area (Å²) in [4.78, 5) is 45.3. The number of hydrazine groups is 1. The van der Waals surface area contributed by atoms with Gasteiger partial charge in [0, 0.05) is 13.6 Å². The molecule has 0 aliphatic heterocycles. The zero-order valence-electron chi connectivity index (χ0n) is 12.4. The van der Waals surface area contributed by atoms with Crippen LogP contribution in [-0.2, 0) is 14.4 Å². The lowest BCUT2D eigenvalue weighted by Gasteiger charge is -2.34. The van der Waals surface area contributed by atoms with Gasteiger partial charge in [0.05, 0.1) is 13.0 Å². The molecule has 0 aromatic carbocycles. The van der Waals surface area contributed by atoms with E-state index in [0.717, 1.165) is 5.01 Å². The van der Waals surface area contributed by atoms with Crippen LogP contribution in [0.15, 0.2) is 0 Å². The lowest BCUT2D eigenvalue weighted by atomic mass is 9.84. The number of rotatable bonds is 9. The van der Waals surface area contributed by atoms with Gasteiger partial charge >= 0.3 is 6.03 Å². The second-order valence-electron chi connectivity index (χ2n) is 4.80. The van der Waals surface area contributed by atoms with Gasteiger partial charge in [0.15, 0.2) is 0 Å². The molecule has 0 saturated carbocycles. The van der Waals surface area contributed by atoms with E-state index in [9.17, 15) is 19.2 Å². The first kappa shape index (κ1) is 18.8. The summed E-state index contributed by atoms with van der Waals surface area (Å²) in [6.45, 7) is 3.20. The van der Waals surface area contributed by atoms with E-state index in [-0.39, 0.29) is 25.5 Å². The van der Waals surface area contributed by atoms with E-state index in [0.29, 0.717) is 12.7 Å². The van der Waals surface area contributed by atoms with Crippen LogP contribution in [0.25, 0.3) is 0 Å². The highest BCUT2D eigenvalue weighted by atomic mass is 16.3. The zero-order chi connectivity index (χ0) is 16.5. The Morgan fingerprint density at radius 2 is 1.95 bits per heavy atom. The number of hydrogen-bond acceptors (Lipinski definition) is 5. The third-order valence-corrected chi connectivity index (χ3v) is 3.02. The smallest absolute Gasteiger partial charge is 0.336 e. The number of nitrogens with one attached hydrogen (secondary N) is 3. The van der Waals surface area contributed by atoms with Crippen molar-refractivity contribution >= 4 is 24.6 Å². The summed E-state index contributed by atoms with van der Waals surface area (Å²) in [5, 5.41) is 14.4. The molecular formula is C12H22N4O5. The van der Waals surface area contributed by atoms with Gasteiger partial charge in [0.1, 0.15) is 11.8 Å². The van der Waals surface area contributed by atoms with E-state index in [1.807, 2.05) is 0 Å². The molecule has 0 fully saturated rings. The first-order valence-electron chi connectivity index (χ1n) is 6.42. The van der Waals surface area contributed by atoms with Crippen molar-refractivity contribution in [1.29, 1.82) is 0 Å². The van der Waals surface area contributed by atoms with E-state index in [1.54, 1.807) is 13.8 Å². The third-order valence-electron chi connectivity index (χ3n) is 3.02. The van der Waals surface area contributed by atoms with E-state index >= 15 is 0 Å². The van der Waals surface area contributed by atoms with Crippen LogP contribution in [0.3, 0.4) is 0 Å².